The summed E-state index contributed by atoms with van der Waals surface area (Å²) in [7, 11) is 0. The largest absolute Gasteiger partial charge is 0.493 e. The van der Waals surface area contributed by atoms with Crippen molar-refractivity contribution < 1.29 is 37.1 Å². The zero-order valence-electron chi connectivity index (χ0n) is 20.5. The number of hydroxylamine groups is 1. The lowest BCUT2D eigenvalue weighted by molar-refractivity contribution is -0.207. The number of halogens is 3. The predicted octanol–water partition coefficient (Wildman–Crippen LogP) is 5.18. The van der Waals surface area contributed by atoms with Gasteiger partial charge in [0.15, 0.2) is 0 Å². The van der Waals surface area contributed by atoms with E-state index in [0.717, 1.165) is 22.2 Å². The van der Waals surface area contributed by atoms with E-state index in [1.165, 1.54) is 16.8 Å². The minimum absolute atomic E-state index is 0.275. The molecule has 0 aliphatic heterocycles. The SMILES string of the molecule is Cc1cc(COc2ccc(C(=O)NC(CC(=O)NOC(=O)C(F)(F)F)c3ccsc3)cc2)c2ccccc2n1. The van der Waals surface area contributed by atoms with Crippen molar-refractivity contribution in [3.8, 4) is 5.75 Å². The molecule has 8 nitrogen and oxygen atoms in total. The van der Waals surface area contributed by atoms with Crippen molar-refractivity contribution in [2.24, 2.45) is 0 Å². The maximum Gasteiger partial charge on any atom is 0.493 e. The van der Waals surface area contributed by atoms with E-state index in [0.29, 0.717) is 17.9 Å². The Balaban J connectivity index is 1.38. The molecular weight excluding hydrogens is 535 g/mol. The number of ether oxygens (including phenoxy) is 1. The summed E-state index contributed by atoms with van der Waals surface area (Å²) in [5.74, 6) is -3.56. The molecule has 0 bridgehead atoms. The van der Waals surface area contributed by atoms with Crippen molar-refractivity contribution in [1.82, 2.24) is 15.8 Å². The lowest BCUT2D eigenvalue weighted by Gasteiger charge is -2.18. The Morgan fingerprint density at radius 3 is 2.49 bits per heavy atom. The van der Waals surface area contributed by atoms with Crippen LogP contribution in [-0.4, -0.2) is 28.9 Å². The Labute approximate surface area is 224 Å². The zero-order valence-corrected chi connectivity index (χ0v) is 21.3. The summed E-state index contributed by atoms with van der Waals surface area (Å²) in [5, 5.41) is 7.07. The fourth-order valence-corrected chi connectivity index (χ4v) is 4.45. The first-order valence-electron chi connectivity index (χ1n) is 11.6. The number of aromatic nitrogens is 1. The Hall–Kier alpha value is -4.45. The van der Waals surface area contributed by atoms with Gasteiger partial charge in [-0.25, -0.2) is 4.79 Å². The maximum absolute atomic E-state index is 12.9. The van der Waals surface area contributed by atoms with Crippen LogP contribution in [-0.2, 0) is 21.0 Å². The number of alkyl halides is 3. The molecule has 2 aromatic heterocycles. The summed E-state index contributed by atoms with van der Waals surface area (Å²) in [5.41, 5.74) is 5.01. The molecule has 4 aromatic rings. The number of nitrogens with one attached hydrogen (secondary N) is 2. The van der Waals surface area contributed by atoms with Gasteiger partial charge in [0, 0.05) is 22.2 Å². The highest BCUT2D eigenvalue weighted by molar-refractivity contribution is 7.08. The molecule has 1 atom stereocenters. The van der Waals surface area contributed by atoms with Crippen LogP contribution in [0.2, 0.25) is 0 Å². The second-order valence-electron chi connectivity index (χ2n) is 8.45. The van der Waals surface area contributed by atoms with Gasteiger partial charge < -0.3 is 14.9 Å². The van der Waals surface area contributed by atoms with Crippen LogP contribution in [0.1, 0.15) is 39.6 Å². The van der Waals surface area contributed by atoms with Crippen LogP contribution in [0.5, 0.6) is 5.75 Å². The molecule has 12 heteroatoms. The van der Waals surface area contributed by atoms with Crippen LogP contribution in [0.4, 0.5) is 13.2 Å². The van der Waals surface area contributed by atoms with Crippen molar-refractivity contribution in [3.63, 3.8) is 0 Å². The fourth-order valence-electron chi connectivity index (χ4n) is 3.73. The summed E-state index contributed by atoms with van der Waals surface area (Å²) >= 11 is 1.31. The molecule has 2 amide bonds. The highest BCUT2D eigenvalue weighted by Gasteiger charge is 2.42. The van der Waals surface area contributed by atoms with Gasteiger partial charge in [0.1, 0.15) is 12.4 Å². The molecule has 2 heterocycles. The number of para-hydroxylation sites is 1. The van der Waals surface area contributed by atoms with Crippen LogP contribution >= 0.6 is 11.3 Å². The van der Waals surface area contributed by atoms with Crippen molar-refractivity contribution in [2.45, 2.75) is 32.2 Å². The van der Waals surface area contributed by atoms with E-state index in [1.54, 1.807) is 41.1 Å². The summed E-state index contributed by atoms with van der Waals surface area (Å²) < 4.78 is 42.8. The van der Waals surface area contributed by atoms with Gasteiger partial charge in [-0.1, -0.05) is 18.2 Å². The normalized spacial score (nSPS) is 12.0. The molecule has 1 unspecified atom stereocenters. The third-order valence-corrected chi connectivity index (χ3v) is 6.27. The second-order valence-corrected chi connectivity index (χ2v) is 9.23. The molecule has 0 saturated carbocycles. The third-order valence-electron chi connectivity index (χ3n) is 5.57. The summed E-state index contributed by atoms with van der Waals surface area (Å²) in [6.07, 6.45) is -5.72. The van der Waals surface area contributed by atoms with Gasteiger partial charge in [-0.2, -0.15) is 30.0 Å². The van der Waals surface area contributed by atoms with Crippen molar-refractivity contribution in [3.05, 3.63) is 93.8 Å². The molecule has 4 rings (SSSR count). The molecule has 0 spiro atoms. The number of hydrogen-bond donors (Lipinski definition) is 2. The molecule has 39 heavy (non-hydrogen) atoms. The van der Waals surface area contributed by atoms with E-state index < -0.39 is 36.4 Å². The van der Waals surface area contributed by atoms with Crippen molar-refractivity contribution in [1.29, 1.82) is 0 Å². The Bertz CT molecular complexity index is 1470. The number of thiophene rings is 1. The molecule has 202 valence electrons. The molecule has 0 saturated heterocycles. The molecule has 0 aliphatic carbocycles. The maximum atomic E-state index is 12.9. The molecular formula is C27H22F3N3O5S. The summed E-state index contributed by atoms with van der Waals surface area (Å²) in [4.78, 5) is 44.1. The molecule has 0 radical (unpaired) electrons. The average molecular weight is 558 g/mol. The number of pyridine rings is 1. The number of benzene rings is 2. The lowest BCUT2D eigenvalue weighted by atomic mass is 10.1. The Kier molecular flexibility index (Phi) is 8.45. The Morgan fingerprint density at radius 2 is 1.79 bits per heavy atom. The monoisotopic (exact) mass is 557 g/mol. The molecule has 0 aliphatic rings. The number of fused-ring (bicyclic) bond motifs is 1. The highest BCUT2D eigenvalue weighted by atomic mass is 32.1. The Morgan fingerprint density at radius 1 is 1.05 bits per heavy atom. The molecule has 2 N–H and O–H groups in total. The minimum Gasteiger partial charge on any atom is -0.489 e. The summed E-state index contributed by atoms with van der Waals surface area (Å²) in [6.45, 7) is 2.20. The van der Waals surface area contributed by atoms with Gasteiger partial charge in [0.05, 0.1) is 18.0 Å². The smallest absolute Gasteiger partial charge is 0.489 e. The zero-order chi connectivity index (χ0) is 28.0. The first kappa shape index (κ1) is 27.6. The van der Waals surface area contributed by atoms with Gasteiger partial charge in [-0.3, -0.25) is 14.6 Å². The van der Waals surface area contributed by atoms with Gasteiger partial charge >= 0.3 is 12.1 Å². The standard InChI is InChI=1S/C27H22F3N3O5S/c1-16-12-19(21-4-2-3-5-22(21)31-16)14-37-20-8-6-17(7-9-20)25(35)32-23(18-10-11-39-15-18)13-24(34)33-38-26(36)27(28,29)30/h2-12,15,23H,13-14H2,1H3,(H,32,35)(H,33,34). The lowest BCUT2D eigenvalue weighted by Crippen LogP contribution is -2.37. The number of carbonyl (C=O) groups is 3. The number of hydrogen-bond acceptors (Lipinski definition) is 7. The van der Waals surface area contributed by atoms with E-state index in [-0.39, 0.29) is 5.56 Å². The van der Waals surface area contributed by atoms with Crippen LogP contribution < -0.4 is 15.5 Å². The third kappa shape index (κ3) is 7.32. The first-order chi connectivity index (χ1) is 18.6. The van der Waals surface area contributed by atoms with Crippen LogP contribution in [0.25, 0.3) is 10.9 Å². The summed E-state index contributed by atoms with van der Waals surface area (Å²) in [6, 6.07) is 16.8. The number of aryl methyl sites for hydroxylation is 1. The number of rotatable bonds is 8. The van der Waals surface area contributed by atoms with Crippen molar-refractivity contribution >= 4 is 40.0 Å². The van der Waals surface area contributed by atoms with Gasteiger partial charge in [0.25, 0.3) is 11.8 Å². The van der Waals surface area contributed by atoms with Gasteiger partial charge in [-0.05, 0) is 65.7 Å². The van der Waals surface area contributed by atoms with Crippen LogP contribution in [0.3, 0.4) is 0 Å². The number of carbonyl (C=O) groups excluding carboxylic acids is 3. The van der Waals surface area contributed by atoms with Crippen molar-refractivity contribution in [2.75, 3.05) is 0 Å². The molecule has 0 fully saturated rings. The quantitative estimate of drug-likeness (QED) is 0.289. The second kappa shape index (κ2) is 11.9. The molecule has 2 aromatic carbocycles. The van der Waals surface area contributed by atoms with Gasteiger partial charge in [0.2, 0.25) is 0 Å². The van der Waals surface area contributed by atoms with E-state index in [4.69, 9.17) is 4.74 Å². The first-order valence-corrected chi connectivity index (χ1v) is 12.5. The van der Waals surface area contributed by atoms with E-state index in [9.17, 15) is 27.6 Å². The topological polar surface area (TPSA) is 107 Å². The number of nitrogens with zero attached hydrogens (tertiary/aromatic N) is 1. The van der Waals surface area contributed by atoms with Gasteiger partial charge in [-0.15, -0.1) is 0 Å². The highest BCUT2D eigenvalue weighted by Crippen LogP contribution is 2.23. The minimum atomic E-state index is -5.25. The fraction of sp³-hybridized carbons (Fsp3) is 0.185. The van der Waals surface area contributed by atoms with Crippen LogP contribution in [0.15, 0.2) is 71.4 Å². The predicted molar refractivity (Wildman–Crippen MR) is 137 cm³/mol. The number of amides is 2. The van der Waals surface area contributed by atoms with E-state index in [1.807, 2.05) is 37.3 Å². The van der Waals surface area contributed by atoms with Crippen LogP contribution in [0, 0.1) is 6.92 Å². The average Bonchev–Trinajstić information content (AvgIpc) is 3.44. The van der Waals surface area contributed by atoms with E-state index >= 15 is 0 Å². The van der Waals surface area contributed by atoms with E-state index in [2.05, 4.69) is 15.1 Å².